The van der Waals surface area contributed by atoms with Crippen molar-refractivity contribution in [1.29, 1.82) is 0 Å². The molecule has 0 unspecified atom stereocenters. The summed E-state index contributed by atoms with van der Waals surface area (Å²) in [4.78, 5) is 12.5. The molecule has 0 aliphatic carbocycles. The van der Waals surface area contributed by atoms with Gasteiger partial charge in [-0.25, -0.2) is 0 Å². The molecule has 0 spiro atoms. The average molecular weight is 420 g/mol. The van der Waals surface area contributed by atoms with Crippen LogP contribution in [0.3, 0.4) is 0 Å². The zero-order chi connectivity index (χ0) is 21.3. The lowest BCUT2D eigenvalue weighted by Gasteiger charge is -2.16. The highest BCUT2D eigenvalue weighted by Crippen LogP contribution is 2.37. The number of carbonyl (C=O) groups excluding carboxylic acids is 1. The molecule has 0 radical (unpaired) electrons. The summed E-state index contributed by atoms with van der Waals surface area (Å²) < 4.78 is 40.4. The van der Waals surface area contributed by atoms with Crippen LogP contribution in [0, 0.1) is 13.8 Å². The maximum atomic E-state index is 13.5. The number of halogens is 4. The minimum atomic E-state index is -4.59. The number of aromatic hydroxyl groups is 1. The second-order valence-corrected chi connectivity index (χ2v) is 7.12. The molecule has 2 N–H and O–H groups in total. The predicted molar refractivity (Wildman–Crippen MR) is 107 cm³/mol. The largest absolute Gasteiger partial charge is 0.507 e. The van der Waals surface area contributed by atoms with Gasteiger partial charge in [0.05, 0.1) is 11.1 Å². The van der Waals surface area contributed by atoms with Crippen LogP contribution in [0.1, 0.15) is 27.0 Å². The number of hydrogen-bond acceptors (Lipinski definition) is 2. The number of aryl methyl sites for hydroxylation is 2. The second kappa shape index (κ2) is 7.79. The molecule has 3 rings (SSSR count). The lowest BCUT2D eigenvalue weighted by molar-refractivity contribution is -0.137. The first-order chi connectivity index (χ1) is 13.6. The molecule has 0 atom stereocenters. The summed E-state index contributed by atoms with van der Waals surface area (Å²) >= 11 is 5.85. The highest BCUT2D eigenvalue weighted by atomic mass is 35.5. The Morgan fingerprint density at radius 2 is 1.66 bits per heavy atom. The van der Waals surface area contributed by atoms with Gasteiger partial charge in [0.15, 0.2) is 0 Å². The van der Waals surface area contributed by atoms with Crippen molar-refractivity contribution < 1.29 is 23.1 Å². The van der Waals surface area contributed by atoms with Crippen LogP contribution in [0.5, 0.6) is 5.75 Å². The number of amides is 1. The van der Waals surface area contributed by atoms with Crippen LogP contribution in [0.4, 0.5) is 18.9 Å². The number of hydrogen-bond donors (Lipinski definition) is 2. The van der Waals surface area contributed by atoms with Gasteiger partial charge in [-0.15, -0.1) is 0 Å². The molecular formula is C22H17ClF3NO2. The van der Waals surface area contributed by atoms with Gasteiger partial charge in [-0.05, 0) is 72.5 Å². The highest BCUT2D eigenvalue weighted by Gasteiger charge is 2.32. The number of benzene rings is 3. The van der Waals surface area contributed by atoms with E-state index in [1.54, 1.807) is 0 Å². The van der Waals surface area contributed by atoms with E-state index >= 15 is 0 Å². The molecular weight excluding hydrogens is 403 g/mol. The van der Waals surface area contributed by atoms with Crippen molar-refractivity contribution in [2.24, 2.45) is 0 Å². The molecule has 3 aromatic rings. The van der Waals surface area contributed by atoms with E-state index in [0.717, 1.165) is 23.3 Å². The Bertz CT molecular complexity index is 1070. The van der Waals surface area contributed by atoms with Crippen LogP contribution in [0.25, 0.3) is 11.1 Å². The van der Waals surface area contributed by atoms with Gasteiger partial charge < -0.3 is 10.4 Å². The zero-order valence-electron chi connectivity index (χ0n) is 15.6. The fourth-order valence-electron chi connectivity index (χ4n) is 3.17. The molecule has 7 heteroatoms. The number of anilines is 1. The molecule has 3 aromatic carbocycles. The normalized spacial score (nSPS) is 11.4. The van der Waals surface area contributed by atoms with Crippen LogP contribution in [-0.2, 0) is 6.18 Å². The lowest BCUT2D eigenvalue weighted by atomic mass is 9.94. The summed E-state index contributed by atoms with van der Waals surface area (Å²) in [7, 11) is 0. The third kappa shape index (κ3) is 4.54. The predicted octanol–water partition coefficient (Wildman–Crippen LogP) is 6.60. The maximum Gasteiger partial charge on any atom is 0.416 e. The first kappa shape index (κ1) is 20.7. The number of phenols is 1. The zero-order valence-corrected chi connectivity index (χ0v) is 16.3. The standard InChI is InChI=1S/C22H17ClF3NO2/c1-12-4-3-5-13(2)20(12)14-8-15(22(24,25)26)10-17(9-14)27-21(29)18-11-16(23)6-7-19(18)28/h3-11,28H,1-2H3,(H,27,29). The SMILES string of the molecule is Cc1cccc(C)c1-c1cc(NC(=O)c2cc(Cl)ccc2O)cc(C(F)(F)F)c1. The average Bonchev–Trinajstić information content (AvgIpc) is 2.62. The van der Waals surface area contributed by atoms with E-state index in [-0.39, 0.29) is 22.0 Å². The van der Waals surface area contributed by atoms with Crippen LogP contribution < -0.4 is 5.32 Å². The Balaban J connectivity index is 2.09. The molecule has 0 fully saturated rings. The van der Waals surface area contributed by atoms with E-state index in [1.165, 1.54) is 24.3 Å². The van der Waals surface area contributed by atoms with Crippen molar-refractivity contribution in [3.63, 3.8) is 0 Å². The molecule has 150 valence electrons. The van der Waals surface area contributed by atoms with Gasteiger partial charge >= 0.3 is 6.18 Å². The Morgan fingerprint density at radius 1 is 1.00 bits per heavy atom. The van der Waals surface area contributed by atoms with Gasteiger partial charge in [-0.1, -0.05) is 29.8 Å². The summed E-state index contributed by atoms with van der Waals surface area (Å²) in [6.07, 6.45) is -4.59. The van der Waals surface area contributed by atoms with Crippen molar-refractivity contribution in [3.05, 3.63) is 81.9 Å². The van der Waals surface area contributed by atoms with E-state index in [1.807, 2.05) is 32.0 Å². The van der Waals surface area contributed by atoms with Crippen molar-refractivity contribution in [1.82, 2.24) is 0 Å². The number of carbonyl (C=O) groups is 1. The second-order valence-electron chi connectivity index (χ2n) is 6.68. The minimum absolute atomic E-state index is 0.0400. The Labute approximate surface area is 170 Å². The van der Waals surface area contributed by atoms with Gasteiger partial charge in [0.1, 0.15) is 5.75 Å². The van der Waals surface area contributed by atoms with E-state index < -0.39 is 17.6 Å². The summed E-state index contributed by atoms with van der Waals surface area (Å²) in [6.45, 7) is 3.62. The van der Waals surface area contributed by atoms with Crippen LogP contribution in [-0.4, -0.2) is 11.0 Å². The highest BCUT2D eigenvalue weighted by molar-refractivity contribution is 6.31. The van der Waals surface area contributed by atoms with Gasteiger partial charge in [0.2, 0.25) is 0 Å². The number of alkyl halides is 3. The molecule has 0 bridgehead atoms. The fourth-order valence-corrected chi connectivity index (χ4v) is 3.34. The molecule has 0 aliphatic heterocycles. The van der Waals surface area contributed by atoms with Crippen molar-refractivity contribution in [3.8, 4) is 16.9 Å². The smallest absolute Gasteiger partial charge is 0.416 e. The molecule has 1 amide bonds. The van der Waals surface area contributed by atoms with Gasteiger partial charge in [-0.3, -0.25) is 4.79 Å². The van der Waals surface area contributed by atoms with Crippen LogP contribution in [0.2, 0.25) is 5.02 Å². The molecule has 29 heavy (non-hydrogen) atoms. The van der Waals surface area contributed by atoms with Crippen LogP contribution in [0.15, 0.2) is 54.6 Å². The fraction of sp³-hybridized carbons (Fsp3) is 0.136. The van der Waals surface area contributed by atoms with Gasteiger partial charge in [-0.2, -0.15) is 13.2 Å². The third-order valence-electron chi connectivity index (χ3n) is 4.49. The molecule has 0 saturated carbocycles. The number of nitrogens with one attached hydrogen (secondary N) is 1. The van der Waals surface area contributed by atoms with E-state index in [4.69, 9.17) is 11.6 Å². The third-order valence-corrected chi connectivity index (χ3v) is 4.73. The number of rotatable bonds is 3. The monoisotopic (exact) mass is 419 g/mol. The Kier molecular flexibility index (Phi) is 5.57. The topological polar surface area (TPSA) is 49.3 Å². The summed E-state index contributed by atoms with van der Waals surface area (Å²) in [6, 6.07) is 12.7. The first-order valence-corrected chi connectivity index (χ1v) is 9.03. The van der Waals surface area contributed by atoms with Crippen molar-refractivity contribution >= 4 is 23.2 Å². The molecule has 0 aromatic heterocycles. The van der Waals surface area contributed by atoms with Crippen molar-refractivity contribution in [2.75, 3.05) is 5.32 Å². The quantitative estimate of drug-likeness (QED) is 0.502. The van der Waals surface area contributed by atoms with Crippen LogP contribution >= 0.6 is 11.6 Å². The molecule has 0 heterocycles. The maximum absolute atomic E-state index is 13.5. The molecule has 3 nitrogen and oxygen atoms in total. The van der Waals surface area contributed by atoms with Crippen molar-refractivity contribution in [2.45, 2.75) is 20.0 Å². The first-order valence-electron chi connectivity index (χ1n) is 8.65. The van der Waals surface area contributed by atoms with Gasteiger partial charge in [0, 0.05) is 10.7 Å². The van der Waals surface area contributed by atoms with E-state index in [2.05, 4.69) is 5.32 Å². The molecule has 0 aliphatic rings. The summed E-state index contributed by atoms with van der Waals surface area (Å²) in [5, 5.41) is 12.5. The lowest BCUT2D eigenvalue weighted by Crippen LogP contribution is -2.14. The summed E-state index contributed by atoms with van der Waals surface area (Å²) in [5.74, 6) is -1.09. The number of phenolic OH excluding ortho intramolecular Hbond substituents is 1. The molecule has 0 saturated heterocycles. The Hall–Kier alpha value is -2.99. The van der Waals surface area contributed by atoms with Gasteiger partial charge in [0.25, 0.3) is 5.91 Å². The Morgan fingerprint density at radius 3 is 2.28 bits per heavy atom. The van der Waals surface area contributed by atoms with E-state index in [9.17, 15) is 23.1 Å². The minimum Gasteiger partial charge on any atom is -0.507 e. The summed E-state index contributed by atoms with van der Waals surface area (Å²) in [5.41, 5.74) is 1.57. The van der Waals surface area contributed by atoms with E-state index in [0.29, 0.717) is 11.1 Å².